The van der Waals surface area contributed by atoms with Gasteiger partial charge >= 0.3 is 0 Å². The standard InChI is InChI=1S/C8H18N2.C8H17N.C5H9N3.3CH4/c1-8(2)10-6-4-9(3)5-7-10;1-8(2)9-6-4-3-5-7-9;1-5(2)8-4-3-6-7-8;;;/h8H,4-7H2,1-3H3;8H,3-7H2,1-2H3;3-5H,1-2H3;3*1H4. The van der Waals surface area contributed by atoms with Gasteiger partial charge in [0.05, 0.1) is 6.20 Å². The highest BCUT2D eigenvalue weighted by Crippen LogP contribution is 2.10. The highest BCUT2D eigenvalue weighted by atomic mass is 15.4. The molecule has 0 N–H and O–H groups in total. The molecule has 0 aliphatic carbocycles. The van der Waals surface area contributed by atoms with Gasteiger partial charge in [-0.05, 0) is 74.5 Å². The van der Waals surface area contributed by atoms with Crippen molar-refractivity contribution >= 4 is 0 Å². The number of piperazine rings is 1. The van der Waals surface area contributed by atoms with Crippen molar-refractivity contribution in [3.63, 3.8) is 0 Å². The molecule has 0 atom stereocenters. The number of likely N-dealkylation sites (tertiary alicyclic amines) is 1. The molecule has 30 heavy (non-hydrogen) atoms. The van der Waals surface area contributed by atoms with Crippen molar-refractivity contribution in [2.45, 2.75) is 101 Å². The molecule has 2 aliphatic heterocycles. The molecule has 182 valence electrons. The molecule has 2 fully saturated rings. The van der Waals surface area contributed by atoms with Crippen molar-refractivity contribution in [1.29, 1.82) is 0 Å². The van der Waals surface area contributed by atoms with Crippen LogP contribution in [0.2, 0.25) is 0 Å². The van der Waals surface area contributed by atoms with E-state index in [-0.39, 0.29) is 22.3 Å². The minimum absolute atomic E-state index is 0. The van der Waals surface area contributed by atoms with Gasteiger partial charge in [-0.2, -0.15) is 0 Å². The summed E-state index contributed by atoms with van der Waals surface area (Å²) in [6.07, 6.45) is 7.81. The average Bonchev–Trinajstić information content (AvgIpc) is 3.19. The first-order valence-corrected chi connectivity index (χ1v) is 10.8. The van der Waals surface area contributed by atoms with E-state index in [1.54, 1.807) is 10.9 Å². The second kappa shape index (κ2) is 18.8. The number of aromatic nitrogens is 3. The Kier molecular flexibility index (Phi) is 21.0. The maximum atomic E-state index is 3.78. The first-order valence-electron chi connectivity index (χ1n) is 10.8. The van der Waals surface area contributed by atoms with E-state index in [0.29, 0.717) is 6.04 Å². The summed E-state index contributed by atoms with van der Waals surface area (Å²) in [5.41, 5.74) is 0. The lowest BCUT2D eigenvalue weighted by Gasteiger charge is -2.34. The van der Waals surface area contributed by atoms with Crippen molar-refractivity contribution < 1.29 is 0 Å². The average molecular weight is 429 g/mol. The van der Waals surface area contributed by atoms with Crippen LogP contribution in [0, 0.1) is 0 Å². The van der Waals surface area contributed by atoms with Crippen molar-refractivity contribution in [3.05, 3.63) is 12.4 Å². The van der Waals surface area contributed by atoms with E-state index in [1.807, 2.05) is 6.20 Å². The highest BCUT2D eigenvalue weighted by molar-refractivity contribution is 4.71. The van der Waals surface area contributed by atoms with Crippen molar-refractivity contribution in [2.75, 3.05) is 46.3 Å². The van der Waals surface area contributed by atoms with E-state index in [9.17, 15) is 0 Å². The van der Waals surface area contributed by atoms with Gasteiger partial charge in [0.2, 0.25) is 0 Å². The Labute approximate surface area is 190 Å². The molecule has 1 aromatic heterocycles. The fourth-order valence-electron chi connectivity index (χ4n) is 3.27. The molecule has 6 heteroatoms. The first-order chi connectivity index (χ1) is 12.8. The Morgan fingerprint density at radius 3 is 1.40 bits per heavy atom. The van der Waals surface area contributed by atoms with Crippen LogP contribution in [0.25, 0.3) is 0 Å². The normalized spacial score (nSPS) is 17.7. The smallest absolute Gasteiger partial charge is 0.0693 e. The lowest BCUT2D eigenvalue weighted by molar-refractivity contribution is 0.126. The maximum Gasteiger partial charge on any atom is 0.0693 e. The summed E-state index contributed by atoms with van der Waals surface area (Å²) in [7, 11) is 2.19. The number of nitrogens with zero attached hydrogens (tertiary/aromatic N) is 6. The fourth-order valence-corrected chi connectivity index (χ4v) is 3.27. The number of likely N-dealkylation sites (N-methyl/N-ethyl adjacent to an activating group) is 1. The molecule has 0 saturated carbocycles. The molecule has 0 amide bonds. The van der Waals surface area contributed by atoms with Crippen LogP contribution in [0.1, 0.15) is 89.1 Å². The van der Waals surface area contributed by atoms with E-state index in [2.05, 4.69) is 73.6 Å². The monoisotopic (exact) mass is 428 g/mol. The molecular weight excluding hydrogens is 372 g/mol. The summed E-state index contributed by atoms with van der Waals surface area (Å²) in [6, 6.07) is 1.93. The van der Waals surface area contributed by atoms with Crippen LogP contribution in [0.3, 0.4) is 0 Å². The molecule has 0 unspecified atom stereocenters. The lowest BCUT2D eigenvalue weighted by Crippen LogP contribution is -2.47. The maximum absolute atomic E-state index is 3.78. The van der Waals surface area contributed by atoms with Gasteiger partial charge in [-0.15, -0.1) is 5.10 Å². The molecule has 0 spiro atoms. The van der Waals surface area contributed by atoms with Crippen LogP contribution in [-0.2, 0) is 0 Å². The van der Waals surface area contributed by atoms with Gasteiger partial charge in [0.1, 0.15) is 0 Å². The summed E-state index contributed by atoms with van der Waals surface area (Å²) in [6.45, 7) is 20.9. The third kappa shape index (κ3) is 14.1. The second-order valence-electron chi connectivity index (χ2n) is 8.60. The SMILES string of the molecule is C.C.C.CC(C)N1CCCCC1.CC(C)N1CCN(C)CC1.CC(C)n1ccnn1. The van der Waals surface area contributed by atoms with E-state index >= 15 is 0 Å². The number of piperidine rings is 1. The summed E-state index contributed by atoms with van der Waals surface area (Å²) in [5, 5.41) is 7.44. The molecular formula is C24H56N6. The number of hydrogen-bond acceptors (Lipinski definition) is 5. The summed E-state index contributed by atoms with van der Waals surface area (Å²) in [4.78, 5) is 7.47. The third-order valence-corrected chi connectivity index (χ3v) is 5.36. The number of rotatable bonds is 3. The Balaban J connectivity index is -0.000000349. The molecule has 3 rings (SSSR count). The van der Waals surface area contributed by atoms with E-state index in [4.69, 9.17) is 0 Å². The molecule has 0 bridgehead atoms. The second-order valence-corrected chi connectivity index (χ2v) is 8.60. The van der Waals surface area contributed by atoms with Crippen LogP contribution in [0.4, 0.5) is 0 Å². The van der Waals surface area contributed by atoms with Crippen LogP contribution in [-0.4, -0.2) is 88.1 Å². The largest absolute Gasteiger partial charge is 0.304 e. The van der Waals surface area contributed by atoms with E-state index in [0.717, 1.165) is 12.1 Å². The summed E-state index contributed by atoms with van der Waals surface area (Å²) in [5.74, 6) is 0. The van der Waals surface area contributed by atoms with Gasteiger partial charge in [-0.25, -0.2) is 0 Å². The third-order valence-electron chi connectivity index (χ3n) is 5.36. The van der Waals surface area contributed by atoms with Gasteiger partial charge in [-0.3, -0.25) is 9.58 Å². The summed E-state index contributed by atoms with van der Waals surface area (Å²) < 4.78 is 1.81. The van der Waals surface area contributed by atoms with Gasteiger partial charge in [0.15, 0.2) is 0 Å². The Morgan fingerprint density at radius 2 is 1.10 bits per heavy atom. The quantitative estimate of drug-likeness (QED) is 0.654. The predicted molar refractivity (Wildman–Crippen MR) is 135 cm³/mol. The van der Waals surface area contributed by atoms with E-state index in [1.165, 1.54) is 58.5 Å². The Bertz CT molecular complexity index is 444. The first kappa shape index (κ1) is 33.7. The molecule has 2 aliphatic rings. The Hall–Kier alpha value is -0.980. The van der Waals surface area contributed by atoms with Gasteiger partial charge in [-0.1, -0.05) is 33.9 Å². The van der Waals surface area contributed by atoms with Crippen LogP contribution in [0.5, 0.6) is 0 Å². The minimum Gasteiger partial charge on any atom is -0.304 e. The Morgan fingerprint density at radius 1 is 0.633 bits per heavy atom. The van der Waals surface area contributed by atoms with Crippen molar-refractivity contribution in [1.82, 2.24) is 29.7 Å². The van der Waals surface area contributed by atoms with Crippen molar-refractivity contribution in [2.24, 2.45) is 0 Å². The summed E-state index contributed by atoms with van der Waals surface area (Å²) >= 11 is 0. The van der Waals surface area contributed by atoms with Crippen molar-refractivity contribution in [3.8, 4) is 0 Å². The van der Waals surface area contributed by atoms with Gasteiger partial charge < -0.3 is 9.80 Å². The predicted octanol–water partition coefficient (Wildman–Crippen LogP) is 5.29. The number of hydrogen-bond donors (Lipinski definition) is 0. The molecule has 2 saturated heterocycles. The zero-order valence-electron chi connectivity index (χ0n) is 18.9. The molecule has 1 aromatic rings. The zero-order valence-corrected chi connectivity index (χ0v) is 18.9. The fraction of sp³-hybridized carbons (Fsp3) is 0.917. The zero-order chi connectivity index (χ0) is 20.2. The van der Waals surface area contributed by atoms with Crippen LogP contribution in [0.15, 0.2) is 12.4 Å². The van der Waals surface area contributed by atoms with Crippen LogP contribution >= 0.6 is 0 Å². The topological polar surface area (TPSA) is 40.4 Å². The van der Waals surface area contributed by atoms with Gasteiger partial charge in [0.25, 0.3) is 0 Å². The molecule has 3 heterocycles. The molecule has 0 radical (unpaired) electrons. The van der Waals surface area contributed by atoms with E-state index < -0.39 is 0 Å². The van der Waals surface area contributed by atoms with Crippen LogP contribution < -0.4 is 0 Å². The minimum atomic E-state index is 0. The van der Waals surface area contributed by atoms with Gasteiger partial charge in [0, 0.05) is 50.5 Å². The lowest BCUT2D eigenvalue weighted by atomic mass is 10.1. The molecule has 0 aromatic carbocycles. The highest BCUT2D eigenvalue weighted by Gasteiger charge is 2.15. The molecule has 6 nitrogen and oxygen atoms in total.